The molecule has 0 saturated heterocycles. The van der Waals surface area contributed by atoms with E-state index in [2.05, 4.69) is 10.3 Å². The van der Waals surface area contributed by atoms with Crippen molar-refractivity contribution < 1.29 is 13.9 Å². The standard InChI is InChI=1S/C19H17ClFN3O2/c1-12-10-24(11-23-12)17-6-4-13(7-18(17)26-2)19(25)22-9-14-3-5-15(20)8-16(14)21/h3-8,10-11H,9H2,1-2H3,(H,22,25). The van der Waals surface area contributed by atoms with Crippen molar-refractivity contribution in [1.29, 1.82) is 0 Å². The first-order valence-electron chi connectivity index (χ1n) is 7.89. The Morgan fingerprint density at radius 2 is 2.12 bits per heavy atom. The molecule has 1 aromatic heterocycles. The van der Waals surface area contributed by atoms with Crippen LogP contribution in [-0.2, 0) is 6.54 Å². The number of rotatable bonds is 5. The number of aromatic nitrogens is 2. The fourth-order valence-corrected chi connectivity index (χ4v) is 2.69. The number of imidazole rings is 1. The number of halogens is 2. The molecule has 0 atom stereocenters. The van der Waals surface area contributed by atoms with E-state index in [9.17, 15) is 9.18 Å². The number of hydrogen-bond acceptors (Lipinski definition) is 3. The van der Waals surface area contributed by atoms with Crippen LogP contribution in [0.2, 0.25) is 5.02 Å². The highest BCUT2D eigenvalue weighted by Crippen LogP contribution is 2.24. The highest BCUT2D eigenvalue weighted by Gasteiger charge is 2.12. The Morgan fingerprint density at radius 3 is 2.77 bits per heavy atom. The Kier molecular flexibility index (Phi) is 5.23. The smallest absolute Gasteiger partial charge is 0.251 e. The topological polar surface area (TPSA) is 56.1 Å². The SMILES string of the molecule is COc1cc(C(=O)NCc2ccc(Cl)cc2F)ccc1-n1cnc(C)c1. The maximum Gasteiger partial charge on any atom is 0.251 e. The second-order valence-electron chi connectivity index (χ2n) is 5.73. The molecule has 0 aliphatic rings. The molecule has 134 valence electrons. The van der Waals surface area contributed by atoms with Crippen molar-refractivity contribution in [3.05, 3.63) is 76.6 Å². The predicted molar refractivity (Wildman–Crippen MR) is 97.4 cm³/mol. The summed E-state index contributed by atoms with van der Waals surface area (Å²) in [5, 5.41) is 3.01. The molecule has 0 saturated carbocycles. The van der Waals surface area contributed by atoms with Crippen LogP contribution in [0.1, 0.15) is 21.6 Å². The molecule has 0 fully saturated rings. The molecule has 3 rings (SSSR count). The molecular weight excluding hydrogens is 357 g/mol. The molecule has 3 aromatic rings. The zero-order valence-electron chi connectivity index (χ0n) is 14.3. The number of methoxy groups -OCH3 is 1. The fraction of sp³-hybridized carbons (Fsp3) is 0.158. The molecule has 26 heavy (non-hydrogen) atoms. The van der Waals surface area contributed by atoms with Gasteiger partial charge in [0, 0.05) is 28.9 Å². The molecule has 1 heterocycles. The molecule has 0 aliphatic carbocycles. The lowest BCUT2D eigenvalue weighted by molar-refractivity contribution is 0.0950. The number of hydrogen-bond donors (Lipinski definition) is 1. The first kappa shape index (κ1) is 17.9. The van der Waals surface area contributed by atoms with Gasteiger partial charge >= 0.3 is 0 Å². The van der Waals surface area contributed by atoms with Gasteiger partial charge in [-0.1, -0.05) is 17.7 Å². The highest BCUT2D eigenvalue weighted by atomic mass is 35.5. The number of aryl methyl sites for hydroxylation is 1. The van der Waals surface area contributed by atoms with Gasteiger partial charge in [-0.25, -0.2) is 9.37 Å². The Bertz CT molecular complexity index is 956. The maximum absolute atomic E-state index is 13.8. The van der Waals surface area contributed by atoms with Crippen LogP contribution in [-0.4, -0.2) is 22.6 Å². The summed E-state index contributed by atoms with van der Waals surface area (Å²) < 4.78 is 21.0. The third-order valence-electron chi connectivity index (χ3n) is 3.89. The molecule has 7 heteroatoms. The van der Waals surface area contributed by atoms with E-state index in [1.165, 1.54) is 13.2 Å². The van der Waals surface area contributed by atoms with E-state index in [4.69, 9.17) is 16.3 Å². The summed E-state index contributed by atoms with van der Waals surface area (Å²) in [5.41, 5.74) is 2.42. The molecule has 1 N–H and O–H groups in total. The van der Waals surface area contributed by atoms with Gasteiger partial charge in [-0.05, 0) is 37.3 Å². The summed E-state index contributed by atoms with van der Waals surface area (Å²) in [6, 6.07) is 9.44. The van der Waals surface area contributed by atoms with Gasteiger partial charge in [-0.2, -0.15) is 0 Å². The van der Waals surface area contributed by atoms with Crippen molar-refractivity contribution in [2.24, 2.45) is 0 Å². The second kappa shape index (κ2) is 7.58. The van der Waals surface area contributed by atoms with Crippen molar-refractivity contribution in [2.45, 2.75) is 13.5 Å². The van der Waals surface area contributed by atoms with Crippen molar-refractivity contribution in [3.8, 4) is 11.4 Å². The summed E-state index contributed by atoms with van der Waals surface area (Å²) in [5.74, 6) is -0.250. The number of carbonyl (C=O) groups is 1. The van der Waals surface area contributed by atoms with Gasteiger partial charge in [0.05, 0.1) is 24.8 Å². The summed E-state index contributed by atoms with van der Waals surface area (Å²) >= 11 is 5.73. The molecule has 0 aliphatic heterocycles. The Morgan fingerprint density at radius 1 is 1.31 bits per heavy atom. The molecular formula is C19H17ClFN3O2. The molecule has 0 bridgehead atoms. The minimum atomic E-state index is -0.457. The Labute approximate surface area is 155 Å². The minimum Gasteiger partial charge on any atom is -0.495 e. The van der Waals surface area contributed by atoms with Crippen molar-refractivity contribution in [2.75, 3.05) is 7.11 Å². The number of amides is 1. The highest BCUT2D eigenvalue weighted by molar-refractivity contribution is 6.30. The maximum atomic E-state index is 13.8. The van der Waals surface area contributed by atoms with Gasteiger partial charge in [0.25, 0.3) is 5.91 Å². The van der Waals surface area contributed by atoms with E-state index in [-0.39, 0.29) is 12.5 Å². The summed E-state index contributed by atoms with van der Waals surface area (Å²) in [6.07, 6.45) is 3.54. The van der Waals surface area contributed by atoms with Gasteiger partial charge in [0.15, 0.2) is 0 Å². The fourth-order valence-electron chi connectivity index (χ4n) is 2.53. The van der Waals surface area contributed by atoms with E-state index in [1.54, 1.807) is 36.7 Å². The van der Waals surface area contributed by atoms with E-state index >= 15 is 0 Å². The lowest BCUT2D eigenvalue weighted by Crippen LogP contribution is -2.23. The van der Waals surface area contributed by atoms with Crippen molar-refractivity contribution in [3.63, 3.8) is 0 Å². The van der Waals surface area contributed by atoms with E-state index in [0.717, 1.165) is 11.4 Å². The summed E-state index contributed by atoms with van der Waals surface area (Å²) in [6.45, 7) is 1.95. The Balaban J connectivity index is 1.77. The van der Waals surface area contributed by atoms with Crippen LogP contribution in [0.5, 0.6) is 5.75 Å². The summed E-state index contributed by atoms with van der Waals surface area (Å²) in [7, 11) is 1.54. The molecule has 0 spiro atoms. The largest absolute Gasteiger partial charge is 0.495 e. The third-order valence-corrected chi connectivity index (χ3v) is 4.12. The van der Waals surface area contributed by atoms with Crippen molar-refractivity contribution >= 4 is 17.5 Å². The van der Waals surface area contributed by atoms with E-state index < -0.39 is 5.82 Å². The molecule has 0 unspecified atom stereocenters. The normalized spacial score (nSPS) is 10.6. The number of ether oxygens (including phenoxy) is 1. The van der Waals surface area contributed by atoms with Gasteiger partial charge in [0.2, 0.25) is 0 Å². The second-order valence-corrected chi connectivity index (χ2v) is 6.16. The van der Waals surface area contributed by atoms with Crippen LogP contribution in [0.15, 0.2) is 48.9 Å². The number of nitrogens with one attached hydrogen (secondary N) is 1. The minimum absolute atomic E-state index is 0.0621. The van der Waals surface area contributed by atoms with Crippen LogP contribution >= 0.6 is 11.6 Å². The van der Waals surface area contributed by atoms with Gasteiger partial charge < -0.3 is 14.6 Å². The number of benzene rings is 2. The molecule has 1 amide bonds. The van der Waals surface area contributed by atoms with Crippen LogP contribution in [0.25, 0.3) is 5.69 Å². The van der Waals surface area contributed by atoms with Gasteiger partial charge in [-0.15, -0.1) is 0 Å². The zero-order valence-corrected chi connectivity index (χ0v) is 15.0. The average molecular weight is 374 g/mol. The van der Waals surface area contributed by atoms with Crippen LogP contribution in [0.4, 0.5) is 4.39 Å². The third kappa shape index (κ3) is 3.86. The van der Waals surface area contributed by atoms with Crippen LogP contribution in [0.3, 0.4) is 0 Å². The van der Waals surface area contributed by atoms with Crippen LogP contribution < -0.4 is 10.1 Å². The average Bonchev–Trinajstić information content (AvgIpc) is 3.06. The molecule has 5 nitrogen and oxygen atoms in total. The van der Waals surface area contributed by atoms with Crippen molar-refractivity contribution in [1.82, 2.24) is 14.9 Å². The summed E-state index contributed by atoms with van der Waals surface area (Å²) in [4.78, 5) is 16.6. The monoisotopic (exact) mass is 373 g/mol. The number of nitrogens with zero attached hydrogens (tertiary/aromatic N) is 2. The first-order valence-corrected chi connectivity index (χ1v) is 8.27. The quantitative estimate of drug-likeness (QED) is 0.737. The van der Waals surface area contributed by atoms with Gasteiger partial charge in [-0.3, -0.25) is 4.79 Å². The molecule has 2 aromatic carbocycles. The lowest BCUT2D eigenvalue weighted by atomic mass is 10.1. The predicted octanol–water partition coefficient (Wildman–Crippen LogP) is 3.91. The van der Waals surface area contributed by atoms with Crippen LogP contribution in [0, 0.1) is 12.7 Å². The van der Waals surface area contributed by atoms with E-state index in [0.29, 0.717) is 21.9 Å². The first-order chi connectivity index (χ1) is 12.5. The van der Waals surface area contributed by atoms with E-state index in [1.807, 2.05) is 17.7 Å². The molecule has 0 radical (unpaired) electrons. The number of carbonyl (C=O) groups excluding carboxylic acids is 1. The zero-order chi connectivity index (χ0) is 18.7. The van der Waals surface area contributed by atoms with Gasteiger partial charge in [0.1, 0.15) is 11.6 Å². The Hall–Kier alpha value is -2.86. The lowest BCUT2D eigenvalue weighted by Gasteiger charge is -2.12.